The molecule has 3 nitrogen and oxygen atoms in total. The molecule has 0 spiro atoms. The van der Waals surface area contributed by atoms with Gasteiger partial charge in [0.25, 0.3) is 0 Å². The van der Waals surface area contributed by atoms with Gasteiger partial charge < -0.3 is 5.32 Å². The van der Waals surface area contributed by atoms with E-state index in [0.717, 1.165) is 20.7 Å². The fourth-order valence-corrected chi connectivity index (χ4v) is 2.17. The van der Waals surface area contributed by atoms with Crippen molar-refractivity contribution in [2.75, 3.05) is 5.32 Å². The van der Waals surface area contributed by atoms with Crippen LogP contribution in [-0.4, -0.2) is 9.78 Å². The number of hydrogen-bond acceptors (Lipinski definition) is 2. The zero-order valence-corrected chi connectivity index (χ0v) is 12.7. The van der Waals surface area contributed by atoms with Gasteiger partial charge in [0.05, 0.1) is 11.9 Å². The molecule has 18 heavy (non-hydrogen) atoms. The summed E-state index contributed by atoms with van der Waals surface area (Å²) in [4.78, 5) is 0. The molecule has 0 saturated carbocycles. The molecule has 0 aliphatic rings. The number of nitrogens with one attached hydrogen (secondary N) is 1. The van der Waals surface area contributed by atoms with E-state index in [-0.39, 0.29) is 0 Å². The molecule has 0 atom stereocenters. The van der Waals surface area contributed by atoms with Gasteiger partial charge in [-0.2, -0.15) is 5.10 Å². The van der Waals surface area contributed by atoms with Crippen molar-refractivity contribution in [3.05, 3.63) is 45.7 Å². The summed E-state index contributed by atoms with van der Waals surface area (Å²) in [5.74, 6) is 0. The molecule has 5 heteroatoms. The minimum atomic E-state index is 0.374. The van der Waals surface area contributed by atoms with Crippen LogP contribution in [0, 0.1) is 0 Å². The molecule has 0 aliphatic carbocycles. The average molecular weight is 329 g/mol. The molecular weight excluding hydrogens is 314 g/mol. The van der Waals surface area contributed by atoms with E-state index in [1.165, 1.54) is 0 Å². The van der Waals surface area contributed by atoms with Gasteiger partial charge in [-0.15, -0.1) is 0 Å². The van der Waals surface area contributed by atoms with Crippen LogP contribution in [0.5, 0.6) is 0 Å². The first kappa shape index (κ1) is 13.4. The summed E-state index contributed by atoms with van der Waals surface area (Å²) in [6.45, 7) is 4.92. The molecule has 0 aliphatic heterocycles. The molecular formula is C13H15BrClN3. The second-order valence-corrected chi connectivity index (χ2v) is 5.68. The Kier molecular flexibility index (Phi) is 4.30. The summed E-state index contributed by atoms with van der Waals surface area (Å²) in [7, 11) is 0. The third-order valence-electron chi connectivity index (χ3n) is 2.62. The number of hydrogen-bond donors (Lipinski definition) is 1. The van der Waals surface area contributed by atoms with Crippen molar-refractivity contribution < 1.29 is 0 Å². The number of aromatic nitrogens is 2. The summed E-state index contributed by atoms with van der Waals surface area (Å²) in [6.07, 6.45) is 3.83. The maximum atomic E-state index is 5.98. The number of rotatable bonds is 4. The molecule has 1 aromatic heterocycles. The Morgan fingerprint density at radius 3 is 2.89 bits per heavy atom. The van der Waals surface area contributed by atoms with E-state index in [9.17, 15) is 0 Å². The van der Waals surface area contributed by atoms with E-state index < -0.39 is 0 Å². The quantitative estimate of drug-likeness (QED) is 0.896. The average Bonchev–Trinajstić information content (AvgIpc) is 2.79. The van der Waals surface area contributed by atoms with Gasteiger partial charge in [0.15, 0.2) is 0 Å². The smallest absolute Gasteiger partial charge is 0.0729 e. The topological polar surface area (TPSA) is 29.9 Å². The van der Waals surface area contributed by atoms with E-state index in [0.29, 0.717) is 12.6 Å². The highest BCUT2D eigenvalue weighted by molar-refractivity contribution is 9.10. The van der Waals surface area contributed by atoms with E-state index in [4.69, 9.17) is 11.6 Å². The third-order valence-corrected chi connectivity index (χ3v) is 3.63. The molecule has 2 rings (SSSR count). The van der Waals surface area contributed by atoms with Crippen molar-refractivity contribution in [1.82, 2.24) is 9.78 Å². The van der Waals surface area contributed by atoms with Crippen molar-refractivity contribution in [3.63, 3.8) is 0 Å². The second kappa shape index (κ2) is 5.76. The molecule has 0 amide bonds. The molecule has 0 bridgehead atoms. The van der Waals surface area contributed by atoms with Crippen molar-refractivity contribution in [1.29, 1.82) is 0 Å². The van der Waals surface area contributed by atoms with Crippen LogP contribution in [0.25, 0.3) is 0 Å². The lowest BCUT2D eigenvalue weighted by atomic mass is 10.2. The van der Waals surface area contributed by atoms with Gasteiger partial charge >= 0.3 is 0 Å². The van der Waals surface area contributed by atoms with Gasteiger partial charge in [0.2, 0.25) is 0 Å². The zero-order valence-electron chi connectivity index (χ0n) is 10.3. The Morgan fingerprint density at radius 1 is 1.44 bits per heavy atom. The van der Waals surface area contributed by atoms with E-state index in [2.05, 4.69) is 40.2 Å². The summed E-state index contributed by atoms with van der Waals surface area (Å²) in [5, 5.41) is 8.36. The van der Waals surface area contributed by atoms with E-state index in [1.807, 2.05) is 35.3 Å². The lowest BCUT2D eigenvalue weighted by molar-refractivity contribution is 0.532. The standard InChI is InChI=1S/C13H15BrClN3/c1-9(2)18-8-12(7-17-18)16-6-10-5-11(15)3-4-13(10)14/h3-5,7-9,16H,6H2,1-2H3. The van der Waals surface area contributed by atoms with Crippen molar-refractivity contribution in [2.24, 2.45) is 0 Å². The molecule has 2 aromatic rings. The number of halogens is 2. The van der Waals surface area contributed by atoms with Gasteiger partial charge in [-0.05, 0) is 37.6 Å². The first-order chi connectivity index (χ1) is 8.56. The predicted octanol–water partition coefficient (Wildman–Crippen LogP) is 4.49. The van der Waals surface area contributed by atoms with Crippen molar-refractivity contribution in [3.8, 4) is 0 Å². The third kappa shape index (κ3) is 3.27. The van der Waals surface area contributed by atoms with Crippen LogP contribution in [-0.2, 0) is 6.54 Å². The van der Waals surface area contributed by atoms with Gasteiger partial charge in [-0.3, -0.25) is 4.68 Å². The normalized spacial score (nSPS) is 10.9. The van der Waals surface area contributed by atoms with Crippen LogP contribution >= 0.6 is 27.5 Å². The second-order valence-electron chi connectivity index (χ2n) is 4.39. The first-order valence-corrected chi connectivity index (χ1v) is 6.95. The minimum Gasteiger partial charge on any atom is -0.378 e. The lowest BCUT2D eigenvalue weighted by Gasteiger charge is -2.07. The Morgan fingerprint density at radius 2 is 2.22 bits per heavy atom. The highest BCUT2D eigenvalue weighted by atomic mass is 79.9. The van der Waals surface area contributed by atoms with Crippen molar-refractivity contribution in [2.45, 2.75) is 26.4 Å². The molecule has 0 saturated heterocycles. The van der Waals surface area contributed by atoms with Crippen LogP contribution in [0.1, 0.15) is 25.5 Å². The van der Waals surface area contributed by atoms with Gasteiger partial charge in [0.1, 0.15) is 0 Å². The number of anilines is 1. The fraction of sp³-hybridized carbons (Fsp3) is 0.308. The lowest BCUT2D eigenvalue weighted by Crippen LogP contribution is -2.01. The number of nitrogens with zero attached hydrogens (tertiary/aromatic N) is 2. The van der Waals surface area contributed by atoms with E-state index in [1.54, 1.807) is 0 Å². The maximum absolute atomic E-state index is 5.98. The summed E-state index contributed by atoms with van der Waals surface area (Å²) < 4.78 is 2.98. The molecule has 0 unspecified atom stereocenters. The SMILES string of the molecule is CC(C)n1cc(NCc2cc(Cl)ccc2Br)cn1. The van der Waals surface area contributed by atoms with Crippen LogP contribution in [0.4, 0.5) is 5.69 Å². The largest absolute Gasteiger partial charge is 0.378 e. The summed E-state index contributed by atoms with van der Waals surface area (Å²) in [5.41, 5.74) is 2.13. The monoisotopic (exact) mass is 327 g/mol. The fourth-order valence-electron chi connectivity index (χ4n) is 1.59. The zero-order chi connectivity index (χ0) is 13.1. The Hall–Kier alpha value is -1.00. The number of benzene rings is 1. The summed E-state index contributed by atoms with van der Waals surface area (Å²) in [6, 6.07) is 6.15. The van der Waals surface area contributed by atoms with Gasteiger partial charge in [-0.25, -0.2) is 0 Å². The molecule has 96 valence electrons. The van der Waals surface area contributed by atoms with E-state index >= 15 is 0 Å². The molecule has 0 fully saturated rings. The van der Waals surface area contributed by atoms with Crippen LogP contribution in [0.15, 0.2) is 35.1 Å². The molecule has 1 aromatic carbocycles. The van der Waals surface area contributed by atoms with Crippen LogP contribution in [0.3, 0.4) is 0 Å². The van der Waals surface area contributed by atoms with Crippen LogP contribution < -0.4 is 5.32 Å². The molecule has 1 N–H and O–H groups in total. The maximum Gasteiger partial charge on any atom is 0.0729 e. The van der Waals surface area contributed by atoms with Gasteiger partial charge in [0, 0.05) is 28.3 Å². The Bertz CT molecular complexity index is 537. The first-order valence-electron chi connectivity index (χ1n) is 5.78. The van der Waals surface area contributed by atoms with Gasteiger partial charge in [-0.1, -0.05) is 27.5 Å². The predicted molar refractivity (Wildman–Crippen MR) is 79.1 cm³/mol. The van der Waals surface area contributed by atoms with Crippen LogP contribution in [0.2, 0.25) is 5.02 Å². The summed E-state index contributed by atoms with van der Waals surface area (Å²) >= 11 is 9.49. The Balaban J connectivity index is 2.04. The highest BCUT2D eigenvalue weighted by Crippen LogP contribution is 2.22. The minimum absolute atomic E-state index is 0.374. The molecule has 1 heterocycles. The highest BCUT2D eigenvalue weighted by Gasteiger charge is 2.04. The van der Waals surface area contributed by atoms with Crippen molar-refractivity contribution >= 4 is 33.2 Å². The molecule has 0 radical (unpaired) electrons. The Labute approximate surface area is 120 Å².